The van der Waals surface area contributed by atoms with Gasteiger partial charge in [-0.15, -0.1) is 0 Å². The van der Waals surface area contributed by atoms with Crippen LogP contribution in [0.1, 0.15) is 20.8 Å². The van der Waals surface area contributed by atoms with E-state index >= 15 is 0 Å². The van der Waals surface area contributed by atoms with Crippen molar-refractivity contribution in [1.29, 1.82) is 0 Å². The average Bonchev–Trinajstić information content (AvgIpc) is 2.85. The van der Waals surface area contributed by atoms with E-state index in [2.05, 4.69) is 20.6 Å². The van der Waals surface area contributed by atoms with Gasteiger partial charge < -0.3 is 20.1 Å². The van der Waals surface area contributed by atoms with E-state index in [0.29, 0.717) is 6.54 Å². The molecule has 0 saturated carbocycles. The third kappa shape index (κ3) is 3.14. The third-order valence-corrected chi connectivity index (χ3v) is 2.89. The zero-order valence-corrected chi connectivity index (χ0v) is 11.6. The fourth-order valence-electron chi connectivity index (χ4n) is 1.70. The number of imidazole rings is 1. The molecule has 0 fully saturated rings. The fourth-order valence-corrected chi connectivity index (χ4v) is 1.70. The first-order valence-corrected chi connectivity index (χ1v) is 6.48. The predicted molar refractivity (Wildman–Crippen MR) is 76.5 cm³/mol. The monoisotopic (exact) mass is 263 g/mol. The molecule has 0 radical (unpaired) electrons. The van der Waals surface area contributed by atoms with Gasteiger partial charge in [-0.2, -0.15) is 0 Å². The van der Waals surface area contributed by atoms with Gasteiger partial charge in [0.1, 0.15) is 5.82 Å². The summed E-state index contributed by atoms with van der Waals surface area (Å²) >= 11 is 0. The molecule has 3 N–H and O–H groups in total. The maximum Gasteiger partial charge on any atom is 0.180 e. The van der Waals surface area contributed by atoms with E-state index in [1.807, 2.05) is 37.6 Å². The summed E-state index contributed by atoms with van der Waals surface area (Å²) in [7, 11) is 0. The van der Waals surface area contributed by atoms with Crippen LogP contribution in [0.5, 0.6) is 0 Å². The number of rotatable bonds is 6. The quantitative estimate of drug-likeness (QED) is 0.738. The van der Waals surface area contributed by atoms with E-state index in [9.17, 15) is 5.11 Å². The lowest BCUT2D eigenvalue weighted by molar-refractivity contribution is 0.171. The molecule has 2 heterocycles. The molecule has 2 rings (SSSR count). The van der Waals surface area contributed by atoms with Crippen molar-refractivity contribution in [2.45, 2.75) is 20.8 Å². The highest BCUT2D eigenvalue weighted by Gasteiger charge is 2.17. The van der Waals surface area contributed by atoms with Gasteiger partial charge >= 0.3 is 0 Å². The summed E-state index contributed by atoms with van der Waals surface area (Å²) in [6.07, 6.45) is 5.55. The Morgan fingerprint density at radius 1 is 1.37 bits per heavy atom. The lowest BCUT2D eigenvalue weighted by Crippen LogP contribution is -2.27. The Bertz CT molecular complexity index is 549. The number of hydrogen-bond acceptors (Lipinski definition) is 5. The standard InChI is InChI=1S/C13H21N5O/c1-4-14-10-7-18-6-5-15-12(18)11(17-10)16-8-13(2,3)9-19/h5-7,14,19H,4,8-9H2,1-3H3,(H,16,17). The Labute approximate surface area is 112 Å². The maximum atomic E-state index is 9.29. The van der Waals surface area contributed by atoms with Crippen LogP contribution in [0.4, 0.5) is 11.6 Å². The molecule has 0 aliphatic heterocycles. The van der Waals surface area contributed by atoms with Gasteiger partial charge in [-0.05, 0) is 6.92 Å². The van der Waals surface area contributed by atoms with Crippen molar-refractivity contribution in [2.24, 2.45) is 5.41 Å². The highest BCUT2D eigenvalue weighted by Crippen LogP contribution is 2.19. The molecule has 6 nitrogen and oxygen atoms in total. The topological polar surface area (TPSA) is 74.5 Å². The van der Waals surface area contributed by atoms with Gasteiger partial charge in [0.2, 0.25) is 0 Å². The molecule has 0 unspecified atom stereocenters. The number of anilines is 2. The highest BCUT2D eigenvalue weighted by atomic mass is 16.3. The van der Waals surface area contributed by atoms with Gasteiger partial charge in [0.25, 0.3) is 0 Å². The molecular formula is C13H21N5O. The second-order valence-electron chi connectivity index (χ2n) is 5.34. The maximum absolute atomic E-state index is 9.29. The van der Waals surface area contributed by atoms with Crippen molar-refractivity contribution in [3.63, 3.8) is 0 Å². The summed E-state index contributed by atoms with van der Waals surface area (Å²) < 4.78 is 1.93. The molecule has 2 aromatic heterocycles. The van der Waals surface area contributed by atoms with Gasteiger partial charge in [0, 0.05) is 37.5 Å². The molecule has 104 valence electrons. The van der Waals surface area contributed by atoms with Crippen molar-refractivity contribution in [3.05, 3.63) is 18.6 Å². The molecule has 0 amide bonds. The van der Waals surface area contributed by atoms with Crippen LogP contribution in [-0.4, -0.2) is 39.2 Å². The minimum atomic E-state index is -0.195. The number of nitrogens with zero attached hydrogens (tertiary/aromatic N) is 3. The second-order valence-corrected chi connectivity index (χ2v) is 5.34. The first-order valence-electron chi connectivity index (χ1n) is 6.48. The van der Waals surface area contributed by atoms with E-state index in [1.165, 1.54) is 0 Å². The van der Waals surface area contributed by atoms with Crippen LogP contribution in [-0.2, 0) is 0 Å². The van der Waals surface area contributed by atoms with Crippen molar-refractivity contribution in [1.82, 2.24) is 14.4 Å². The SMILES string of the molecule is CCNc1cn2ccnc2c(NCC(C)(C)CO)n1. The molecule has 6 heteroatoms. The molecule has 0 atom stereocenters. The lowest BCUT2D eigenvalue weighted by Gasteiger charge is -2.22. The zero-order chi connectivity index (χ0) is 13.9. The summed E-state index contributed by atoms with van der Waals surface area (Å²) in [6, 6.07) is 0. The van der Waals surface area contributed by atoms with Crippen LogP contribution in [0.25, 0.3) is 5.65 Å². The van der Waals surface area contributed by atoms with Gasteiger partial charge in [0.15, 0.2) is 11.5 Å². The summed E-state index contributed by atoms with van der Waals surface area (Å²) in [5.74, 6) is 1.53. The Morgan fingerprint density at radius 3 is 2.84 bits per heavy atom. The minimum absolute atomic E-state index is 0.123. The number of nitrogens with one attached hydrogen (secondary N) is 2. The van der Waals surface area contributed by atoms with E-state index in [0.717, 1.165) is 23.8 Å². The van der Waals surface area contributed by atoms with Gasteiger partial charge in [-0.1, -0.05) is 13.8 Å². The Morgan fingerprint density at radius 2 is 2.16 bits per heavy atom. The fraction of sp³-hybridized carbons (Fsp3) is 0.538. The number of aliphatic hydroxyl groups excluding tert-OH is 1. The highest BCUT2D eigenvalue weighted by molar-refractivity contribution is 5.65. The number of hydrogen-bond donors (Lipinski definition) is 3. The Balaban J connectivity index is 2.27. The summed E-state index contributed by atoms with van der Waals surface area (Å²) in [5, 5.41) is 15.8. The first kappa shape index (κ1) is 13.6. The van der Waals surface area contributed by atoms with Crippen molar-refractivity contribution >= 4 is 17.3 Å². The molecule has 2 aromatic rings. The van der Waals surface area contributed by atoms with Crippen LogP contribution >= 0.6 is 0 Å². The van der Waals surface area contributed by atoms with E-state index in [4.69, 9.17) is 0 Å². The number of aliphatic hydroxyl groups is 1. The molecule has 0 aromatic carbocycles. The second kappa shape index (κ2) is 5.44. The van der Waals surface area contributed by atoms with Gasteiger partial charge in [0.05, 0.1) is 6.20 Å². The molecule has 0 saturated heterocycles. The summed E-state index contributed by atoms with van der Waals surface area (Å²) in [4.78, 5) is 8.81. The smallest absolute Gasteiger partial charge is 0.180 e. The molecule has 0 aliphatic carbocycles. The van der Waals surface area contributed by atoms with Gasteiger partial charge in [-0.3, -0.25) is 0 Å². The van der Waals surface area contributed by atoms with Crippen molar-refractivity contribution in [2.75, 3.05) is 30.3 Å². The van der Waals surface area contributed by atoms with Crippen LogP contribution in [0, 0.1) is 5.41 Å². The molecular weight excluding hydrogens is 242 g/mol. The molecule has 0 spiro atoms. The van der Waals surface area contributed by atoms with Crippen molar-refractivity contribution < 1.29 is 5.11 Å². The van der Waals surface area contributed by atoms with Crippen molar-refractivity contribution in [3.8, 4) is 0 Å². The molecule has 19 heavy (non-hydrogen) atoms. The van der Waals surface area contributed by atoms with E-state index in [-0.39, 0.29) is 12.0 Å². The lowest BCUT2D eigenvalue weighted by atomic mass is 9.95. The number of fused-ring (bicyclic) bond motifs is 1. The first-order chi connectivity index (χ1) is 9.05. The summed E-state index contributed by atoms with van der Waals surface area (Å²) in [5.41, 5.74) is 0.592. The van der Waals surface area contributed by atoms with Crippen LogP contribution < -0.4 is 10.6 Å². The largest absolute Gasteiger partial charge is 0.396 e. The molecule has 0 aliphatic rings. The zero-order valence-electron chi connectivity index (χ0n) is 11.6. The van der Waals surface area contributed by atoms with E-state index < -0.39 is 0 Å². The minimum Gasteiger partial charge on any atom is -0.396 e. The predicted octanol–water partition coefficient (Wildman–Crippen LogP) is 1.59. The molecule has 0 bridgehead atoms. The van der Waals surface area contributed by atoms with Crippen LogP contribution in [0.15, 0.2) is 18.6 Å². The summed E-state index contributed by atoms with van der Waals surface area (Å²) in [6.45, 7) is 7.59. The van der Waals surface area contributed by atoms with E-state index in [1.54, 1.807) is 6.20 Å². The number of aromatic nitrogens is 3. The van der Waals surface area contributed by atoms with Gasteiger partial charge in [-0.25, -0.2) is 9.97 Å². The van der Waals surface area contributed by atoms with Crippen LogP contribution in [0.3, 0.4) is 0 Å². The van der Waals surface area contributed by atoms with Crippen LogP contribution in [0.2, 0.25) is 0 Å². The average molecular weight is 263 g/mol. The Hall–Kier alpha value is -1.82. The normalized spacial score (nSPS) is 11.8. The Kier molecular flexibility index (Phi) is 3.90. The third-order valence-electron chi connectivity index (χ3n) is 2.89.